The van der Waals surface area contributed by atoms with Crippen LogP contribution in [0.3, 0.4) is 0 Å². The van der Waals surface area contributed by atoms with Crippen LogP contribution < -0.4 is 5.73 Å². The van der Waals surface area contributed by atoms with Crippen LogP contribution in [0.5, 0.6) is 0 Å². The minimum atomic E-state index is -4.04. The molecule has 0 spiro atoms. The van der Waals surface area contributed by atoms with Crippen LogP contribution in [0.15, 0.2) is 59.5 Å². The third-order valence-corrected chi connectivity index (χ3v) is 5.98. The van der Waals surface area contributed by atoms with E-state index in [-0.39, 0.29) is 24.5 Å². The summed E-state index contributed by atoms with van der Waals surface area (Å²) in [7, 11) is -4.04. The molecule has 29 heavy (non-hydrogen) atoms. The summed E-state index contributed by atoms with van der Waals surface area (Å²) in [6.45, 7) is 1.74. The molecule has 0 unspecified atom stereocenters. The highest BCUT2D eigenvalue weighted by atomic mass is 32.2. The lowest BCUT2D eigenvalue weighted by Gasteiger charge is -2.21. The van der Waals surface area contributed by atoms with E-state index in [1.165, 1.54) is 12.1 Å². The first-order valence-electron chi connectivity index (χ1n) is 9.03. The first-order chi connectivity index (χ1) is 13.8. The van der Waals surface area contributed by atoms with Crippen molar-refractivity contribution in [2.45, 2.75) is 37.0 Å². The molecule has 0 radical (unpaired) electrons. The molecule has 2 N–H and O–H groups in total. The summed E-state index contributed by atoms with van der Waals surface area (Å²) in [6, 6.07) is 14.2. The maximum atomic E-state index is 12.5. The second-order valence-electron chi connectivity index (χ2n) is 6.83. The van der Waals surface area contributed by atoms with Gasteiger partial charge in [-0.1, -0.05) is 48.0 Å². The molecule has 1 fully saturated rings. The van der Waals surface area contributed by atoms with Crippen molar-refractivity contribution in [3.05, 3.63) is 65.7 Å². The highest BCUT2D eigenvalue weighted by Crippen LogP contribution is 2.25. The molecule has 0 saturated carbocycles. The SMILES string of the molecule is Cc1ccc(S(=O)(=O)O[C@@H]2C[C@@H](C(N)=O)N(C(=O)OCc3ccccc3)C2)cc1. The van der Waals surface area contributed by atoms with Crippen molar-refractivity contribution in [2.24, 2.45) is 5.73 Å². The Balaban J connectivity index is 1.67. The van der Waals surface area contributed by atoms with E-state index >= 15 is 0 Å². The van der Waals surface area contributed by atoms with Gasteiger partial charge in [-0.25, -0.2) is 4.79 Å². The summed E-state index contributed by atoms with van der Waals surface area (Å²) in [5, 5.41) is 0. The molecule has 1 aliphatic rings. The number of carbonyl (C=O) groups excluding carboxylic acids is 2. The Morgan fingerprint density at radius 1 is 1.10 bits per heavy atom. The van der Waals surface area contributed by atoms with E-state index in [2.05, 4.69) is 0 Å². The van der Waals surface area contributed by atoms with Gasteiger partial charge < -0.3 is 10.5 Å². The second kappa shape index (κ2) is 8.62. The van der Waals surface area contributed by atoms with Gasteiger partial charge in [0, 0.05) is 6.42 Å². The van der Waals surface area contributed by atoms with E-state index in [1.807, 2.05) is 25.1 Å². The molecule has 0 bridgehead atoms. The number of ether oxygens (including phenoxy) is 1. The van der Waals surface area contributed by atoms with Crippen LogP contribution in [-0.2, 0) is 30.4 Å². The predicted molar refractivity (Wildman–Crippen MR) is 104 cm³/mol. The molecular formula is C20H22N2O6S. The van der Waals surface area contributed by atoms with Crippen molar-refractivity contribution in [1.29, 1.82) is 0 Å². The number of benzene rings is 2. The van der Waals surface area contributed by atoms with Gasteiger partial charge in [-0.05, 0) is 24.6 Å². The highest BCUT2D eigenvalue weighted by molar-refractivity contribution is 7.86. The number of rotatable bonds is 6. The third-order valence-electron chi connectivity index (χ3n) is 4.60. The Morgan fingerprint density at radius 2 is 1.76 bits per heavy atom. The third kappa shape index (κ3) is 5.12. The van der Waals surface area contributed by atoms with Crippen molar-refractivity contribution < 1.29 is 26.9 Å². The van der Waals surface area contributed by atoms with E-state index in [9.17, 15) is 18.0 Å². The van der Waals surface area contributed by atoms with Gasteiger partial charge in [0.2, 0.25) is 5.91 Å². The lowest BCUT2D eigenvalue weighted by Crippen LogP contribution is -2.44. The number of primary amides is 1. The van der Waals surface area contributed by atoms with Gasteiger partial charge >= 0.3 is 6.09 Å². The van der Waals surface area contributed by atoms with Crippen molar-refractivity contribution in [3.8, 4) is 0 Å². The van der Waals surface area contributed by atoms with Crippen LogP contribution in [0.1, 0.15) is 17.5 Å². The predicted octanol–water partition coefficient (Wildman–Crippen LogP) is 1.97. The molecule has 154 valence electrons. The van der Waals surface area contributed by atoms with E-state index in [0.717, 1.165) is 16.0 Å². The molecule has 1 heterocycles. The summed E-state index contributed by atoms with van der Waals surface area (Å²) >= 11 is 0. The van der Waals surface area contributed by atoms with E-state index in [0.29, 0.717) is 0 Å². The summed E-state index contributed by atoms with van der Waals surface area (Å²) in [5.74, 6) is -0.750. The second-order valence-corrected chi connectivity index (χ2v) is 8.40. The van der Waals surface area contributed by atoms with Crippen LogP contribution in [0.25, 0.3) is 0 Å². The summed E-state index contributed by atoms with van der Waals surface area (Å²) < 4.78 is 35.5. The summed E-state index contributed by atoms with van der Waals surface area (Å²) in [5.41, 5.74) is 7.08. The van der Waals surface area contributed by atoms with Gasteiger partial charge in [0.25, 0.3) is 10.1 Å². The number of hydrogen-bond acceptors (Lipinski definition) is 6. The summed E-state index contributed by atoms with van der Waals surface area (Å²) in [4.78, 5) is 25.3. The van der Waals surface area contributed by atoms with Crippen LogP contribution in [-0.4, -0.2) is 44.0 Å². The van der Waals surface area contributed by atoms with Crippen molar-refractivity contribution in [1.82, 2.24) is 4.90 Å². The van der Waals surface area contributed by atoms with E-state index in [1.54, 1.807) is 24.3 Å². The smallest absolute Gasteiger partial charge is 0.410 e. The monoisotopic (exact) mass is 418 g/mol. The molecule has 9 heteroatoms. The molecular weight excluding hydrogens is 396 g/mol. The fourth-order valence-corrected chi connectivity index (χ4v) is 4.16. The van der Waals surface area contributed by atoms with E-state index in [4.69, 9.17) is 14.7 Å². The fraction of sp³-hybridized carbons (Fsp3) is 0.300. The van der Waals surface area contributed by atoms with Gasteiger partial charge in [-0.2, -0.15) is 8.42 Å². The van der Waals surface area contributed by atoms with Crippen molar-refractivity contribution in [3.63, 3.8) is 0 Å². The first kappa shape index (κ1) is 20.8. The molecule has 8 nitrogen and oxygen atoms in total. The number of likely N-dealkylation sites (tertiary alicyclic amines) is 1. The molecule has 0 aliphatic carbocycles. The van der Waals surface area contributed by atoms with Crippen molar-refractivity contribution in [2.75, 3.05) is 6.54 Å². The number of nitrogens with zero attached hydrogens (tertiary/aromatic N) is 1. The largest absolute Gasteiger partial charge is 0.445 e. The van der Waals surface area contributed by atoms with Gasteiger partial charge in [-0.3, -0.25) is 13.9 Å². The van der Waals surface area contributed by atoms with Crippen LogP contribution >= 0.6 is 0 Å². The van der Waals surface area contributed by atoms with Gasteiger partial charge in [0.15, 0.2) is 0 Å². The molecule has 2 amide bonds. The van der Waals surface area contributed by atoms with Crippen molar-refractivity contribution >= 4 is 22.1 Å². The average molecular weight is 418 g/mol. The lowest BCUT2D eigenvalue weighted by atomic mass is 10.2. The maximum absolute atomic E-state index is 12.5. The fourth-order valence-electron chi connectivity index (χ4n) is 3.08. The minimum Gasteiger partial charge on any atom is -0.445 e. The van der Waals surface area contributed by atoms with E-state index < -0.39 is 34.3 Å². The average Bonchev–Trinajstić information content (AvgIpc) is 3.11. The number of carbonyl (C=O) groups is 2. The van der Waals surface area contributed by atoms with Gasteiger partial charge in [0.1, 0.15) is 12.6 Å². The Morgan fingerprint density at radius 3 is 2.38 bits per heavy atom. The number of aryl methyl sites for hydroxylation is 1. The van der Waals surface area contributed by atoms with Crippen LogP contribution in [0, 0.1) is 6.92 Å². The topological polar surface area (TPSA) is 116 Å². The molecule has 2 aromatic rings. The highest BCUT2D eigenvalue weighted by Gasteiger charge is 2.42. The number of nitrogens with two attached hydrogens (primary N) is 1. The molecule has 3 rings (SSSR count). The van der Waals surface area contributed by atoms with Crippen LogP contribution in [0.2, 0.25) is 0 Å². The Kier molecular flexibility index (Phi) is 6.19. The zero-order chi connectivity index (χ0) is 21.0. The lowest BCUT2D eigenvalue weighted by molar-refractivity contribution is -0.122. The Labute approximate surface area is 169 Å². The quantitative estimate of drug-likeness (QED) is 0.717. The first-order valence-corrected chi connectivity index (χ1v) is 10.4. The standard InChI is InChI=1S/C20H22N2O6S/c1-14-7-9-17(10-8-14)29(25,26)28-16-11-18(19(21)23)22(12-16)20(24)27-13-15-5-3-2-4-6-15/h2-10,16,18H,11-13H2,1H3,(H2,21,23)/t16-,18+/m1/s1. The number of hydrogen-bond donors (Lipinski definition) is 1. The zero-order valence-electron chi connectivity index (χ0n) is 15.9. The van der Waals surface area contributed by atoms with Gasteiger partial charge in [0.05, 0.1) is 17.5 Å². The Hall–Kier alpha value is -2.91. The zero-order valence-corrected chi connectivity index (χ0v) is 16.7. The van der Waals surface area contributed by atoms with Gasteiger partial charge in [-0.15, -0.1) is 0 Å². The maximum Gasteiger partial charge on any atom is 0.410 e. The molecule has 2 atom stereocenters. The molecule has 2 aromatic carbocycles. The van der Waals surface area contributed by atoms with Crippen LogP contribution in [0.4, 0.5) is 4.79 Å². The molecule has 1 saturated heterocycles. The normalized spacial score (nSPS) is 19.1. The molecule has 1 aliphatic heterocycles. The molecule has 0 aromatic heterocycles. The Bertz CT molecular complexity index is 976. The summed E-state index contributed by atoms with van der Waals surface area (Å²) in [6.07, 6.45) is -1.68. The minimum absolute atomic E-state index is 0.00355. The number of amides is 2.